The minimum Gasteiger partial charge on any atom is -0.462 e. The van der Waals surface area contributed by atoms with Crippen LogP contribution in [-0.4, -0.2) is 37.2 Å². The zero-order valence-corrected chi connectivity index (χ0v) is 53.0. The normalized spacial score (nSPS) is 12.1. The van der Waals surface area contributed by atoms with Crippen molar-refractivity contribution in [1.82, 2.24) is 0 Å². The van der Waals surface area contributed by atoms with Crippen LogP contribution >= 0.6 is 0 Å². The van der Waals surface area contributed by atoms with Gasteiger partial charge in [0, 0.05) is 19.3 Å². The monoisotopic (exact) mass is 1100 g/mol. The molecule has 0 saturated carbocycles. The summed E-state index contributed by atoms with van der Waals surface area (Å²) in [5.74, 6) is -0.850. The quantitative estimate of drug-likeness (QED) is 0.0261. The minimum atomic E-state index is -0.774. The third kappa shape index (κ3) is 64.7. The molecule has 0 aliphatic heterocycles. The average Bonchev–Trinajstić information content (AvgIpc) is 3.44. The van der Waals surface area contributed by atoms with Crippen LogP contribution in [0.5, 0.6) is 0 Å². The third-order valence-corrected chi connectivity index (χ3v) is 16.2. The van der Waals surface area contributed by atoms with Crippen LogP contribution in [0.4, 0.5) is 0 Å². The van der Waals surface area contributed by atoms with Crippen LogP contribution in [0.2, 0.25) is 0 Å². The Morgan fingerprint density at radius 3 is 0.718 bits per heavy atom. The molecule has 0 fully saturated rings. The molecule has 0 aromatic rings. The number of carbonyl (C=O) groups excluding carboxylic acids is 3. The van der Waals surface area contributed by atoms with Gasteiger partial charge in [0.25, 0.3) is 0 Å². The van der Waals surface area contributed by atoms with Gasteiger partial charge in [-0.25, -0.2) is 0 Å². The number of esters is 3. The molecular weight excluding hydrogens is 961 g/mol. The van der Waals surface area contributed by atoms with Gasteiger partial charge in [-0.05, 0) is 51.4 Å². The van der Waals surface area contributed by atoms with Crippen molar-refractivity contribution in [3.8, 4) is 0 Å². The molecule has 0 aliphatic rings. The van der Waals surface area contributed by atoms with Crippen molar-refractivity contribution in [1.29, 1.82) is 0 Å². The second-order valence-electron chi connectivity index (χ2n) is 24.2. The van der Waals surface area contributed by atoms with E-state index >= 15 is 0 Å². The van der Waals surface area contributed by atoms with Crippen LogP contribution in [0.15, 0.2) is 24.3 Å². The van der Waals surface area contributed by atoms with E-state index in [-0.39, 0.29) is 31.1 Å². The van der Waals surface area contributed by atoms with Gasteiger partial charge in [-0.3, -0.25) is 14.4 Å². The molecular formula is C72H136O6. The molecule has 0 aromatic carbocycles. The molecule has 0 rings (SSSR count). The number of unbranched alkanes of at least 4 members (excludes halogenated alkanes) is 51. The summed E-state index contributed by atoms with van der Waals surface area (Å²) < 4.78 is 17.0. The van der Waals surface area contributed by atoms with Crippen LogP contribution < -0.4 is 0 Å². The van der Waals surface area contributed by atoms with E-state index in [1.807, 2.05) is 0 Å². The lowest BCUT2D eigenvalue weighted by Crippen LogP contribution is -2.30. The van der Waals surface area contributed by atoms with Gasteiger partial charge in [0.2, 0.25) is 0 Å². The van der Waals surface area contributed by atoms with Crippen LogP contribution in [0, 0.1) is 0 Å². The molecule has 0 heterocycles. The lowest BCUT2D eigenvalue weighted by Gasteiger charge is -2.18. The molecule has 0 saturated heterocycles. The second kappa shape index (κ2) is 67.4. The molecule has 460 valence electrons. The maximum absolute atomic E-state index is 12.9. The Balaban J connectivity index is 4.26. The summed E-state index contributed by atoms with van der Waals surface area (Å²) >= 11 is 0. The van der Waals surface area contributed by atoms with E-state index in [0.29, 0.717) is 19.3 Å². The van der Waals surface area contributed by atoms with E-state index in [2.05, 4.69) is 45.1 Å². The van der Waals surface area contributed by atoms with Crippen molar-refractivity contribution in [2.24, 2.45) is 0 Å². The Labute approximate surface area is 487 Å². The summed E-state index contributed by atoms with van der Waals surface area (Å²) in [6.07, 6.45) is 82.1. The summed E-state index contributed by atoms with van der Waals surface area (Å²) in [6, 6.07) is 0. The molecule has 0 radical (unpaired) electrons. The van der Waals surface area contributed by atoms with Gasteiger partial charge in [-0.1, -0.05) is 353 Å². The van der Waals surface area contributed by atoms with Crippen molar-refractivity contribution in [3.63, 3.8) is 0 Å². The Morgan fingerprint density at radius 2 is 0.462 bits per heavy atom. The molecule has 1 atom stereocenters. The topological polar surface area (TPSA) is 78.9 Å². The zero-order chi connectivity index (χ0) is 56.4. The van der Waals surface area contributed by atoms with Crippen molar-refractivity contribution in [2.75, 3.05) is 13.2 Å². The molecule has 0 aromatic heterocycles. The van der Waals surface area contributed by atoms with Gasteiger partial charge in [-0.15, -0.1) is 0 Å². The van der Waals surface area contributed by atoms with Crippen molar-refractivity contribution < 1.29 is 28.6 Å². The van der Waals surface area contributed by atoms with Crippen molar-refractivity contribution >= 4 is 17.9 Å². The number of hydrogen-bond acceptors (Lipinski definition) is 6. The Hall–Kier alpha value is -2.11. The number of hydrogen-bond donors (Lipinski definition) is 0. The van der Waals surface area contributed by atoms with E-state index in [1.165, 1.54) is 283 Å². The van der Waals surface area contributed by atoms with Gasteiger partial charge in [0.1, 0.15) is 13.2 Å². The molecule has 6 heteroatoms. The molecule has 78 heavy (non-hydrogen) atoms. The maximum atomic E-state index is 12.9. The van der Waals surface area contributed by atoms with E-state index in [0.717, 1.165) is 77.0 Å². The van der Waals surface area contributed by atoms with Crippen LogP contribution in [0.3, 0.4) is 0 Å². The first-order valence-electron chi connectivity index (χ1n) is 35.3. The highest BCUT2D eigenvalue weighted by molar-refractivity contribution is 5.71. The standard InChI is InChI=1S/C72H136O6/c1-4-7-10-13-16-19-22-25-28-31-33-34-35-36-37-38-40-41-44-47-50-53-56-59-62-65-71(74)77-68-69(67-76-70(73)64-61-58-55-52-49-46-43-30-27-24-21-18-15-12-9-6-3)78-72(75)66-63-60-57-54-51-48-45-42-39-32-29-26-23-20-17-14-11-8-5-2/h21,24,30,43,69H,4-20,22-23,25-29,31-42,44-68H2,1-3H3/b24-21-,43-30-. The SMILES string of the molecule is CCCCCC/C=C\C/C=C\CCCCCCCC(=O)OCC(COC(=O)CCCCCCCCCCCCCCCCCCCCCCCCCCC)OC(=O)CCCCCCCCCCCCCCCCCCCCC. The predicted molar refractivity (Wildman–Crippen MR) is 340 cm³/mol. The Kier molecular flexibility index (Phi) is 65.6. The molecule has 0 spiro atoms. The smallest absolute Gasteiger partial charge is 0.306 e. The lowest BCUT2D eigenvalue weighted by atomic mass is 10.0. The highest BCUT2D eigenvalue weighted by Crippen LogP contribution is 2.19. The Morgan fingerprint density at radius 1 is 0.256 bits per heavy atom. The summed E-state index contributed by atoms with van der Waals surface area (Å²) in [5.41, 5.74) is 0. The molecule has 0 bridgehead atoms. The summed E-state index contributed by atoms with van der Waals surface area (Å²) in [7, 11) is 0. The first kappa shape index (κ1) is 75.9. The fourth-order valence-corrected chi connectivity index (χ4v) is 10.9. The number of ether oxygens (including phenoxy) is 3. The molecule has 0 N–H and O–H groups in total. The van der Waals surface area contributed by atoms with E-state index < -0.39 is 6.10 Å². The summed E-state index contributed by atoms with van der Waals surface area (Å²) in [5, 5.41) is 0. The average molecular weight is 1100 g/mol. The van der Waals surface area contributed by atoms with Gasteiger partial charge in [0.05, 0.1) is 0 Å². The fourth-order valence-electron chi connectivity index (χ4n) is 10.9. The molecule has 1 unspecified atom stereocenters. The first-order valence-corrected chi connectivity index (χ1v) is 35.3. The van der Waals surface area contributed by atoms with Gasteiger partial charge in [0.15, 0.2) is 6.10 Å². The lowest BCUT2D eigenvalue weighted by molar-refractivity contribution is -0.167. The van der Waals surface area contributed by atoms with Gasteiger partial charge in [-0.2, -0.15) is 0 Å². The van der Waals surface area contributed by atoms with Crippen LogP contribution in [-0.2, 0) is 28.6 Å². The third-order valence-electron chi connectivity index (χ3n) is 16.2. The fraction of sp³-hybridized carbons (Fsp3) is 0.903. The second-order valence-corrected chi connectivity index (χ2v) is 24.2. The molecule has 6 nitrogen and oxygen atoms in total. The molecule has 0 aliphatic carbocycles. The van der Waals surface area contributed by atoms with E-state index in [1.54, 1.807) is 0 Å². The Bertz CT molecular complexity index is 1260. The maximum Gasteiger partial charge on any atom is 0.306 e. The highest BCUT2D eigenvalue weighted by Gasteiger charge is 2.19. The predicted octanol–water partition coefficient (Wildman–Crippen LogP) is 24.2. The minimum absolute atomic E-state index is 0.0692. The van der Waals surface area contributed by atoms with Crippen LogP contribution in [0.25, 0.3) is 0 Å². The van der Waals surface area contributed by atoms with Gasteiger partial charge >= 0.3 is 17.9 Å². The number of rotatable bonds is 66. The summed E-state index contributed by atoms with van der Waals surface area (Å²) in [6.45, 7) is 6.70. The van der Waals surface area contributed by atoms with Gasteiger partial charge < -0.3 is 14.2 Å². The molecule has 0 amide bonds. The first-order chi connectivity index (χ1) is 38.5. The highest BCUT2D eigenvalue weighted by atomic mass is 16.6. The van der Waals surface area contributed by atoms with Crippen molar-refractivity contribution in [2.45, 2.75) is 406 Å². The zero-order valence-electron chi connectivity index (χ0n) is 53.0. The van der Waals surface area contributed by atoms with E-state index in [9.17, 15) is 14.4 Å². The van der Waals surface area contributed by atoms with E-state index in [4.69, 9.17) is 14.2 Å². The van der Waals surface area contributed by atoms with Crippen LogP contribution in [0.1, 0.15) is 400 Å². The van der Waals surface area contributed by atoms with Crippen molar-refractivity contribution in [3.05, 3.63) is 24.3 Å². The number of carbonyl (C=O) groups is 3. The largest absolute Gasteiger partial charge is 0.462 e. The number of allylic oxidation sites excluding steroid dienone is 4. The summed E-state index contributed by atoms with van der Waals surface area (Å²) in [4.78, 5) is 38.4.